The van der Waals surface area contributed by atoms with Crippen LogP contribution in [0, 0.1) is 6.92 Å². The van der Waals surface area contributed by atoms with Gasteiger partial charge in [-0.05, 0) is 31.6 Å². The molecule has 1 saturated heterocycles. The Bertz CT molecular complexity index is 307. The molecule has 1 N–H and O–H groups in total. The van der Waals surface area contributed by atoms with Crippen LogP contribution in [0.2, 0.25) is 0 Å². The highest BCUT2D eigenvalue weighted by Crippen LogP contribution is 2.23. The van der Waals surface area contributed by atoms with Crippen LogP contribution in [0.15, 0.2) is 24.3 Å². The number of rotatable bonds is 1. The summed E-state index contributed by atoms with van der Waals surface area (Å²) in [4.78, 5) is 0. The Morgan fingerprint density at radius 3 is 2.73 bits per heavy atom. The van der Waals surface area contributed by atoms with Gasteiger partial charge in [-0.2, -0.15) is 11.8 Å². The van der Waals surface area contributed by atoms with Crippen molar-refractivity contribution < 1.29 is 0 Å². The molecule has 1 aliphatic rings. The molecule has 0 amide bonds. The quantitative estimate of drug-likeness (QED) is 0.782. The molecule has 82 valence electrons. The highest BCUT2D eigenvalue weighted by Gasteiger charge is 2.17. The minimum absolute atomic E-state index is 0.535. The second-order valence-electron chi connectivity index (χ2n) is 4.39. The topological polar surface area (TPSA) is 12.0 Å². The van der Waals surface area contributed by atoms with E-state index in [2.05, 4.69) is 55.2 Å². The Hall–Kier alpha value is -0.470. The van der Waals surface area contributed by atoms with E-state index in [1.165, 1.54) is 29.1 Å². The largest absolute Gasteiger partial charge is 0.307 e. The van der Waals surface area contributed by atoms with Gasteiger partial charge < -0.3 is 5.32 Å². The van der Waals surface area contributed by atoms with Crippen LogP contribution in [-0.4, -0.2) is 17.5 Å². The summed E-state index contributed by atoms with van der Waals surface area (Å²) in [5.74, 6) is 2.49. The first-order valence-electron chi connectivity index (χ1n) is 5.66. The lowest BCUT2D eigenvalue weighted by molar-refractivity contribution is 0.485. The van der Waals surface area contributed by atoms with Gasteiger partial charge in [-0.15, -0.1) is 0 Å². The molecule has 2 rings (SSSR count). The van der Waals surface area contributed by atoms with E-state index in [0.717, 1.165) is 0 Å². The van der Waals surface area contributed by atoms with Gasteiger partial charge in [0.2, 0.25) is 0 Å². The van der Waals surface area contributed by atoms with Crippen molar-refractivity contribution in [3.8, 4) is 0 Å². The van der Waals surface area contributed by atoms with Crippen molar-refractivity contribution in [3.63, 3.8) is 0 Å². The van der Waals surface area contributed by atoms with Crippen LogP contribution in [-0.2, 0) is 0 Å². The summed E-state index contributed by atoms with van der Waals surface area (Å²) in [5.41, 5.74) is 2.77. The molecule has 1 aliphatic heterocycles. The van der Waals surface area contributed by atoms with Crippen molar-refractivity contribution in [3.05, 3.63) is 35.4 Å². The van der Waals surface area contributed by atoms with Crippen molar-refractivity contribution in [1.29, 1.82) is 0 Å². The molecule has 0 saturated carbocycles. The molecule has 1 nitrogen and oxygen atoms in total. The predicted molar refractivity (Wildman–Crippen MR) is 68.5 cm³/mol. The summed E-state index contributed by atoms with van der Waals surface area (Å²) < 4.78 is 0. The Balaban J connectivity index is 2.11. The number of nitrogens with one attached hydrogen (secondary N) is 1. The van der Waals surface area contributed by atoms with Gasteiger partial charge >= 0.3 is 0 Å². The van der Waals surface area contributed by atoms with Gasteiger partial charge in [0.25, 0.3) is 0 Å². The van der Waals surface area contributed by atoms with Crippen LogP contribution in [0.5, 0.6) is 0 Å². The summed E-state index contributed by atoms with van der Waals surface area (Å²) >= 11 is 2.06. The summed E-state index contributed by atoms with van der Waals surface area (Å²) in [5, 5.41) is 3.69. The number of benzene rings is 1. The third-order valence-corrected chi connectivity index (χ3v) is 4.04. The summed E-state index contributed by atoms with van der Waals surface area (Å²) in [6, 6.07) is 10.1. The molecule has 2 unspecified atom stereocenters. The van der Waals surface area contributed by atoms with Gasteiger partial charge in [-0.1, -0.05) is 29.8 Å². The molecule has 1 aromatic carbocycles. The maximum absolute atomic E-state index is 3.69. The molecule has 1 heterocycles. The van der Waals surface area contributed by atoms with Gasteiger partial charge in [-0.3, -0.25) is 0 Å². The van der Waals surface area contributed by atoms with Crippen LogP contribution in [0.4, 0.5) is 0 Å². The lowest BCUT2D eigenvalue weighted by atomic mass is 10.1. The predicted octanol–water partition coefficient (Wildman–Crippen LogP) is 3.15. The molecule has 0 bridgehead atoms. The van der Waals surface area contributed by atoms with Gasteiger partial charge in [-0.25, -0.2) is 0 Å². The molecule has 15 heavy (non-hydrogen) atoms. The van der Waals surface area contributed by atoms with E-state index in [4.69, 9.17) is 0 Å². The molecule has 2 heteroatoms. The SMILES string of the molecule is Cc1ccc(C2CSCCC(C)N2)cc1. The Labute approximate surface area is 96.7 Å². The average molecular weight is 221 g/mol. The van der Waals surface area contributed by atoms with E-state index >= 15 is 0 Å². The normalized spacial score (nSPS) is 27.3. The van der Waals surface area contributed by atoms with Crippen molar-refractivity contribution in [2.24, 2.45) is 0 Å². The van der Waals surface area contributed by atoms with Crippen molar-refractivity contribution in [1.82, 2.24) is 5.32 Å². The highest BCUT2D eigenvalue weighted by atomic mass is 32.2. The van der Waals surface area contributed by atoms with Crippen LogP contribution in [0.1, 0.15) is 30.5 Å². The Morgan fingerprint density at radius 1 is 1.27 bits per heavy atom. The first-order valence-corrected chi connectivity index (χ1v) is 6.81. The molecule has 0 radical (unpaired) electrons. The minimum atomic E-state index is 0.535. The zero-order chi connectivity index (χ0) is 10.7. The highest BCUT2D eigenvalue weighted by molar-refractivity contribution is 7.99. The van der Waals surface area contributed by atoms with E-state index in [9.17, 15) is 0 Å². The zero-order valence-corrected chi connectivity index (χ0v) is 10.3. The summed E-state index contributed by atoms with van der Waals surface area (Å²) in [6.45, 7) is 4.43. The second kappa shape index (κ2) is 5.04. The summed E-state index contributed by atoms with van der Waals surface area (Å²) in [6.07, 6.45) is 1.28. The van der Waals surface area contributed by atoms with Crippen LogP contribution >= 0.6 is 11.8 Å². The third-order valence-electron chi connectivity index (χ3n) is 2.95. The zero-order valence-electron chi connectivity index (χ0n) is 9.49. The first-order chi connectivity index (χ1) is 7.25. The van der Waals surface area contributed by atoms with Crippen molar-refractivity contribution in [2.45, 2.75) is 32.4 Å². The molecule has 0 aliphatic carbocycles. The maximum atomic E-state index is 3.69. The Kier molecular flexibility index (Phi) is 3.71. The number of aryl methyl sites for hydroxylation is 1. The fourth-order valence-electron chi connectivity index (χ4n) is 1.93. The van der Waals surface area contributed by atoms with Gasteiger partial charge in [0.15, 0.2) is 0 Å². The summed E-state index contributed by atoms with van der Waals surface area (Å²) in [7, 11) is 0. The molecule has 2 atom stereocenters. The average Bonchev–Trinajstić information content (AvgIpc) is 2.44. The number of thioether (sulfide) groups is 1. The fraction of sp³-hybridized carbons (Fsp3) is 0.538. The molecular formula is C13H19NS. The van der Waals surface area contributed by atoms with E-state index < -0.39 is 0 Å². The van der Waals surface area contributed by atoms with E-state index in [1.807, 2.05) is 0 Å². The van der Waals surface area contributed by atoms with Crippen molar-refractivity contribution in [2.75, 3.05) is 11.5 Å². The lowest BCUT2D eigenvalue weighted by Gasteiger charge is -2.19. The molecule has 0 aromatic heterocycles. The third kappa shape index (κ3) is 2.99. The van der Waals surface area contributed by atoms with E-state index in [1.54, 1.807) is 0 Å². The molecular weight excluding hydrogens is 202 g/mol. The monoisotopic (exact) mass is 221 g/mol. The second-order valence-corrected chi connectivity index (χ2v) is 5.54. The number of hydrogen-bond acceptors (Lipinski definition) is 2. The first kappa shape index (κ1) is 11.0. The maximum Gasteiger partial charge on any atom is 0.0413 e. The van der Waals surface area contributed by atoms with Crippen LogP contribution in [0.25, 0.3) is 0 Å². The Morgan fingerprint density at radius 2 is 2.00 bits per heavy atom. The minimum Gasteiger partial charge on any atom is -0.307 e. The van der Waals surface area contributed by atoms with Crippen LogP contribution in [0.3, 0.4) is 0 Å². The van der Waals surface area contributed by atoms with Gasteiger partial charge in [0.1, 0.15) is 0 Å². The van der Waals surface area contributed by atoms with E-state index in [-0.39, 0.29) is 0 Å². The van der Waals surface area contributed by atoms with Crippen molar-refractivity contribution >= 4 is 11.8 Å². The number of hydrogen-bond donors (Lipinski definition) is 1. The lowest BCUT2D eigenvalue weighted by Crippen LogP contribution is -2.30. The molecule has 0 spiro atoms. The smallest absolute Gasteiger partial charge is 0.0413 e. The van der Waals surface area contributed by atoms with Gasteiger partial charge in [0.05, 0.1) is 0 Å². The fourth-order valence-corrected chi connectivity index (χ4v) is 3.14. The molecule has 1 aromatic rings. The van der Waals surface area contributed by atoms with E-state index in [0.29, 0.717) is 12.1 Å². The van der Waals surface area contributed by atoms with Crippen LogP contribution < -0.4 is 5.32 Å². The standard InChI is InChI=1S/C13H19NS/c1-10-3-5-12(6-4-10)13-9-15-8-7-11(2)14-13/h3-6,11,13-14H,7-9H2,1-2H3. The van der Waals surface area contributed by atoms with Gasteiger partial charge in [0, 0.05) is 17.8 Å². The molecule has 1 fully saturated rings.